The molecule has 0 radical (unpaired) electrons. The zero-order valence-corrected chi connectivity index (χ0v) is 9.85. The molecule has 0 amide bonds. The number of unbranched alkanes of at least 4 members (excludes halogenated alkanes) is 2. The van der Waals surface area contributed by atoms with Crippen LogP contribution in [0.15, 0.2) is 0 Å². The van der Waals surface area contributed by atoms with Crippen molar-refractivity contribution in [3.05, 3.63) is 0 Å². The summed E-state index contributed by atoms with van der Waals surface area (Å²) in [5.41, 5.74) is 0. The fourth-order valence-corrected chi connectivity index (χ4v) is 3.63. The molecule has 1 atom stereocenters. The van der Waals surface area contributed by atoms with Crippen LogP contribution in [0.5, 0.6) is 0 Å². The minimum atomic E-state index is 0.389. The summed E-state index contributed by atoms with van der Waals surface area (Å²) in [6.45, 7) is 7.04. The second-order valence-electron chi connectivity index (χ2n) is 2.76. The fourth-order valence-electron chi connectivity index (χ4n) is 1.05. The summed E-state index contributed by atoms with van der Waals surface area (Å²) >= 11 is 0.389. The molecule has 0 spiro atoms. The van der Waals surface area contributed by atoms with Gasteiger partial charge in [0, 0.05) is 0 Å². The van der Waals surface area contributed by atoms with E-state index in [0.29, 0.717) is 20.9 Å². The normalized spacial score (nSPS) is 13.5. The molecule has 0 heterocycles. The molecule has 0 aromatic rings. The molecule has 1 heteroatoms. The van der Waals surface area contributed by atoms with Gasteiger partial charge in [-0.3, -0.25) is 0 Å². The van der Waals surface area contributed by atoms with E-state index in [4.69, 9.17) is 0 Å². The summed E-state index contributed by atoms with van der Waals surface area (Å²) in [6, 6.07) is 0. The molecule has 0 fully saturated rings. The van der Waals surface area contributed by atoms with Gasteiger partial charge in [0.05, 0.1) is 0 Å². The Balaban J connectivity index is 2.97. The third-order valence-corrected chi connectivity index (χ3v) is 4.91. The summed E-state index contributed by atoms with van der Waals surface area (Å²) in [7, 11) is 0. The Morgan fingerprint density at radius 2 is 1.90 bits per heavy atom. The average Bonchev–Trinajstić information content (AvgIpc) is 1.89. The SMILES string of the molecule is CCCCCC(C)[Te]CC. The van der Waals surface area contributed by atoms with Crippen molar-refractivity contribution in [2.24, 2.45) is 0 Å². The molecule has 10 heavy (non-hydrogen) atoms. The zero-order valence-electron chi connectivity index (χ0n) is 7.52. The van der Waals surface area contributed by atoms with Crippen LogP contribution in [-0.2, 0) is 0 Å². The Labute approximate surface area is 75.9 Å². The third-order valence-electron chi connectivity index (χ3n) is 1.67. The molecule has 0 aromatic carbocycles. The van der Waals surface area contributed by atoms with E-state index in [1.54, 1.807) is 0 Å². The second-order valence-corrected chi connectivity index (χ2v) is 7.66. The maximum atomic E-state index is 2.43. The summed E-state index contributed by atoms with van der Waals surface area (Å²) in [5.74, 6) is 0. The van der Waals surface area contributed by atoms with Crippen molar-refractivity contribution in [2.75, 3.05) is 0 Å². The standard InChI is InChI=1S/C9H20Te/c1-4-6-7-8-9(3)10-5-2/h9H,4-8H2,1-3H3. The van der Waals surface area contributed by atoms with Crippen LogP contribution < -0.4 is 0 Å². The number of hydrogen-bond acceptors (Lipinski definition) is 0. The van der Waals surface area contributed by atoms with Crippen LogP contribution in [0.4, 0.5) is 0 Å². The Hall–Kier alpha value is 0.790. The molecule has 0 nitrogen and oxygen atoms in total. The summed E-state index contributed by atoms with van der Waals surface area (Å²) in [6.07, 6.45) is 5.80. The van der Waals surface area contributed by atoms with Gasteiger partial charge in [0.15, 0.2) is 0 Å². The molecule has 0 N–H and O–H groups in total. The molecule has 0 aromatic heterocycles. The van der Waals surface area contributed by atoms with Gasteiger partial charge in [0.1, 0.15) is 0 Å². The molecule has 0 saturated carbocycles. The Morgan fingerprint density at radius 1 is 1.20 bits per heavy atom. The van der Waals surface area contributed by atoms with Gasteiger partial charge >= 0.3 is 75.8 Å². The predicted molar refractivity (Wildman–Crippen MR) is 49.8 cm³/mol. The van der Waals surface area contributed by atoms with Gasteiger partial charge in [0.25, 0.3) is 0 Å². The maximum absolute atomic E-state index is 2.43. The molecule has 1 unspecified atom stereocenters. The first-order chi connectivity index (χ1) is 4.81. The van der Waals surface area contributed by atoms with Gasteiger partial charge in [0.2, 0.25) is 0 Å². The summed E-state index contributed by atoms with van der Waals surface area (Å²) in [5, 5.41) is 0. The van der Waals surface area contributed by atoms with Crippen LogP contribution in [0.3, 0.4) is 0 Å². The summed E-state index contributed by atoms with van der Waals surface area (Å²) < 4.78 is 2.58. The quantitative estimate of drug-likeness (QED) is 0.503. The first kappa shape index (κ1) is 10.8. The molecule has 0 aliphatic carbocycles. The molecule has 0 bridgehead atoms. The van der Waals surface area contributed by atoms with E-state index in [-0.39, 0.29) is 0 Å². The fraction of sp³-hybridized carbons (Fsp3) is 1.00. The Kier molecular flexibility index (Phi) is 8.51. The van der Waals surface area contributed by atoms with Crippen LogP contribution >= 0.6 is 0 Å². The van der Waals surface area contributed by atoms with E-state index in [0.717, 1.165) is 3.97 Å². The van der Waals surface area contributed by atoms with Gasteiger partial charge in [-0.25, -0.2) is 0 Å². The van der Waals surface area contributed by atoms with Gasteiger partial charge in [-0.15, -0.1) is 0 Å². The molecular formula is C9H20Te. The molecule has 0 rings (SSSR count). The Bertz CT molecular complexity index is 61.7. The molecule has 0 saturated heterocycles. The van der Waals surface area contributed by atoms with Crippen LogP contribution in [0, 0.1) is 0 Å². The monoisotopic (exact) mass is 258 g/mol. The van der Waals surface area contributed by atoms with Crippen molar-refractivity contribution in [2.45, 2.75) is 54.9 Å². The van der Waals surface area contributed by atoms with Crippen molar-refractivity contribution in [1.82, 2.24) is 0 Å². The van der Waals surface area contributed by atoms with E-state index < -0.39 is 0 Å². The van der Waals surface area contributed by atoms with Crippen molar-refractivity contribution < 1.29 is 0 Å². The second kappa shape index (κ2) is 7.89. The van der Waals surface area contributed by atoms with Crippen molar-refractivity contribution in [1.29, 1.82) is 0 Å². The van der Waals surface area contributed by atoms with E-state index >= 15 is 0 Å². The predicted octanol–water partition coefficient (Wildman–Crippen LogP) is 3.52. The first-order valence-electron chi connectivity index (χ1n) is 4.42. The van der Waals surface area contributed by atoms with E-state index in [1.165, 1.54) is 30.2 Å². The molecule has 62 valence electrons. The zero-order chi connectivity index (χ0) is 7.82. The van der Waals surface area contributed by atoms with E-state index in [9.17, 15) is 0 Å². The van der Waals surface area contributed by atoms with Gasteiger partial charge < -0.3 is 0 Å². The van der Waals surface area contributed by atoms with Gasteiger partial charge in [-0.1, -0.05) is 0 Å². The number of rotatable bonds is 6. The first-order valence-corrected chi connectivity index (χ1v) is 7.42. The third kappa shape index (κ3) is 6.90. The van der Waals surface area contributed by atoms with E-state index in [1.807, 2.05) is 0 Å². The van der Waals surface area contributed by atoms with Crippen LogP contribution in [0.25, 0.3) is 0 Å². The van der Waals surface area contributed by atoms with Gasteiger partial charge in [-0.05, 0) is 0 Å². The van der Waals surface area contributed by atoms with E-state index in [2.05, 4.69) is 20.8 Å². The van der Waals surface area contributed by atoms with Crippen LogP contribution in [-0.4, -0.2) is 20.9 Å². The van der Waals surface area contributed by atoms with Gasteiger partial charge in [-0.2, -0.15) is 0 Å². The van der Waals surface area contributed by atoms with Crippen LogP contribution in [0.2, 0.25) is 8.43 Å². The van der Waals surface area contributed by atoms with Crippen molar-refractivity contribution in [3.8, 4) is 0 Å². The minimum absolute atomic E-state index is 0.389. The molecule has 0 aliphatic heterocycles. The molecular weight excluding hydrogens is 236 g/mol. The van der Waals surface area contributed by atoms with Crippen molar-refractivity contribution in [3.63, 3.8) is 0 Å². The van der Waals surface area contributed by atoms with Crippen LogP contribution in [0.1, 0.15) is 46.5 Å². The average molecular weight is 256 g/mol. The molecule has 0 aliphatic rings. The Morgan fingerprint density at radius 3 is 2.40 bits per heavy atom. The van der Waals surface area contributed by atoms with Crippen molar-refractivity contribution >= 4 is 20.9 Å². The number of hydrogen-bond donors (Lipinski definition) is 0. The topological polar surface area (TPSA) is 0 Å². The summed E-state index contributed by atoms with van der Waals surface area (Å²) in [4.78, 5) is 0.